The summed E-state index contributed by atoms with van der Waals surface area (Å²) in [5.74, 6) is 2.45. The van der Waals surface area contributed by atoms with E-state index in [1.54, 1.807) is 42.5 Å². The fourth-order valence-electron chi connectivity index (χ4n) is 2.81. The Balaban J connectivity index is 1.60. The van der Waals surface area contributed by atoms with Gasteiger partial charge in [-0.15, -0.1) is 0 Å². The Bertz CT molecular complexity index is 1210. The maximum Gasteiger partial charge on any atom is 0.230 e. The van der Waals surface area contributed by atoms with Crippen LogP contribution in [0.3, 0.4) is 0 Å². The largest absolute Gasteiger partial charge is 0.456 e. The van der Waals surface area contributed by atoms with E-state index >= 15 is 0 Å². The normalized spacial score (nSPS) is 12.9. The van der Waals surface area contributed by atoms with E-state index in [0.29, 0.717) is 45.2 Å². The number of allylic oxidation sites excluding steroid dienone is 1. The maximum absolute atomic E-state index is 9.45. The van der Waals surface area contributed by atoms with Crippen molar-refractivity contribution in [2.75, 3.05) is 5.32 Å². The summed E-state index contributed by atoms with van der Waals surface area (Å²) in [5.41, 5.74) is 1.75. The Kier molecular flexibility index (Phi) is 5.56. The van der Waals surface area contributed by atoms with Crippen LogP contribution in [0.1, 0.15) is 35.7 Å². The first-order valence-electron chi connectivity index (χ1n) is 9.19. The summed E-state index contributed by atoms with van der Waals surface area (Å²) in [4.78, 5) is 12.8. The topological polar surface area (TPSA) is 108 Å². The van der Waals surface area contributed by atoms with Crippen LogP contribution in [0, 0.1) is 22.7 Å². The molecule has 30 heavy (non-hydrogen) atoms. The van der Waals surface area contributed by atoms with E-state index in [2.05, 4.69) is 26.3 Å². The molecule has 1 aliphatic carbocycles. The van der Waals surface area contributed by atoms with Gasteiger partial charge in [-0.25, -0.2) is 9.97 Å². The minimum Gasteiger partial charge on any atom is -0.456 e. The van der Waals surface area contributed by atoms with Gasteiger partial charge in [0.1, 0.15) is 29.7 Å². The van der Waals surface area contributed by atoms with Gasteiger partial charge in [-0.2, -0.15) is 15.5 Å². The first-order valence-corrected chi connectivity index (χ1v) is 9.57. The molecule has 3 aromatic rings. The van der Waals surface area contributed by atoms with Crippen molar-refractivity contribution in [2.24, 2.45) is 0 Å². The van der Waals surface area contributed by atoms with Crippen molar-refractivity contribution in [1.82, 2.24) is 15.0 Å². The Morgan fingerprint density at radius 1 is 1.13 bits per heavy atom. The van der Waals surface area contributed by atoms with E-state index in [0.717, 1.165) is 18.7 Å². The summed E-state index contributed by atoms with van der Waals surface area (Å²) in [6.07, 6.45) is 6.67. The lowest BCUT2D eigenvalue weighted by molar-refractivity contribution is 0.481. The minimum absolute atomic E-state index is 0.358. The van der Waals surface area contributed by atoms with Gasteiger partial charge < -0.3 is 10.1 Å². The summed E-state index contributed by atoms with van der Waals surface area (Å²) in [5, 5.41) is 21.7. The van der Waals surface area contributed by atoms with E-state index in [9.17, 15) is 5.26 Å². The van der Waals surface area contributed by atoms with Gasteiger partial charge in [0.05, 0.1) is 11.6 Å². The summed E-state index contributed by atoms with van der Waals surface area (Å²) < 4.78 is 5.94. The van der Waals surface area contributed by atoms with Crippen molar-refractivity contribution in [3.05, 3.63) is 70.8 Å². The predicted octanol–water partition coefficient (Wildman–Crippen LogP) is 5.35. The molecule has 1 aromatic heterocycles. The van der Waals surface area contributed by atoms with Crippen LogP contribution in [0.5, 0.6) is 11.5 Å². The van der Waals surface area contributed by atoms with Crippen LogP contribution in [-0.2, 0) is 0 Å². The number of nitriles is 2. The highest BCUT2D eigenvalue weighted by Gasteiger charge is 2.26. The third-order valence-corrected chi connectivity index (χ3v) is 4.58. The molecule has 8 heteroatoms. The second-order valence-corrected chi connectivity index (χ2v) is 7.11. The van der Waals surface area contributed by atoms with Gasteiger partial charge in [0.2, 0.25) is 5.95 Å². The van der Waals surface area contributed by atoms with Crippen LogP contribution in [0.25, 0.3) is 6.08 Å². The van der Waals surface area contributed by atoms with E-state index < -0.39 is 0 Å². The highest BCUT2D eigenvalue weighted by molar-refractivity contribution is 6.30. The Labute approximate surface area is 178 Å². The number of benzene rings is 2. The van der Waals surface area contributed by atoms with Crippen molar-refractivity contribution >= 4 is 29.3 Å². The van der Waals surface area contributed by atoms with Crippen LogP contribution in [0.15, 0.2) is 48.8 Å². The molecule has 1 N–H and O–H groups in total. The van der Waals surface area contributed by atoms with Crippen LogP contribution in [0.4, 0.5) is 11.6 Å². The van der Waals surface area contributed by atoms with Gasteiger partial charge in [0, 0.05) is 28.8 Å². The molecule has 0 spiro atoms. The molecule has 2 aromatic carbocycles. The predicted molar refractivity (Wildman–Crippen MR) is 112 cm³/mol. The van der Waals surface area contributed by atoms with Crippen molar-refractivity contribution in [2.45, 2.75) is 18.8 Å². The molecule has 0 unspecified atom stereocenters. The number of hydrogen-bond donors (Lipinski definition) is 1. The van der Waals surface area contributed by atoms with E-state index in [4.69, 9.17) is 21.6 Å². The summed E-state index contributed by atoms with van der Waals surface area (Å²) in [7, 11) is 0. The number of aromatic nitrogens is 3. The second-order valence-electron chi connectivity index (χ2n) is 6.67. The minimum atomic E-state index is 0.358. The molecule has 7 nitrogen and oxygen atoms in total. The van der Waals surface area contributed by atoms with Crippen molar-refractivity contribution in [1.29, 1.82) is 10.5 Å². The zero-order chi connectivity index (χ0) is 20.9. The number of ether oxygens (including phenoxy) is 1. The zero-order valence-electron chi connectivity index (χ0n) is 15.7. The third-order valence-electron chi connectivity index (χ3n) is 4.36. The lowest BCUT2D eigenvalue weighted by atomic mass is 10.2. The standard InChI is InChI=1S/C22H15ClN6O/c23-17-8-14(2-1-7-24)9-19(10-17)30-20-11-18(6-5-16(20)12-25)28-22-27-13-26-21(29-22)15-3-4-15/h1-2,5-6,8-11,13,15H,3-4H2,(H,26,27,28,29). The SMILES string of the molecule is N#CC=Cc1cc(Cl)cc(Oc2cc(Nc3ncnc(C4CC4)n3)ccc2C#N)c1. The number of nitrogens with one attached hydrogen (secondary N) is 1. The fraction of sp³-hybridized carbons (Fsp3) is 0.136. The van der Waals surface area contributed by atoms with Crippen LogP contribution in [0.2, 0.25) is 5.02 Å². The van der Waals surface area contributed by atoms with Gasteiger partial charge in [-0.3, -0.25) is 0 Å². The summed E-state index contributed by atoms with van der Waals surface area (Å²) in [6.45, 7) is 0. The molecular formula is C22H15ClN6O. The van der Waals surface area contributed by atoms with Crippen molar-refractivity contribution in [3.8, 4) is 23.6 Å². The lowest BCUT2D eigenvalue weighted by Gasteiger charge is -2.11. The van der Waals surface area contributed by atoms with Crippen molar-refractivity contribution < 1.29 is 4.74 Å². The molecule has 1 aliphatic rings. The Morgan fingerprint density at radius 2 is 2.00 bits per heavy atom. The maximum atomic E-state index is 9.45. The highest BCUT2D eigenvalue weighted by atomic mass is 35.5. The summed E-state index contributed by atoms with van der Waals surface area (Å²) in [6, 6.07) is 14.2. The molecule has 0 radical (unpaired) electrons. The molecule has 0 aliphatic heterocycles. The molecule has 1 heterocycles. The first-order chi connectivity index (χ1) is 14.6. The quantitative estimate of drug-likeness (QED) is 0.542. The van der Waals surface area contributed by atoms with Crippen LogP contribution < -0.4 is 10.1 Å². The molecule has 1 fully saturated rings. The van der Waals surface area contributed by atoms with Crippen LogP contribution >= 0.6 is 11.6 Å². The van der Waals surface area contributed by atoms with Gasteiger partial charge in [0.15, 0.2) is 0 Å². The van der Waals surface area contributed by atoms with E-state index in [1.807, 2.05) is 6.07 Å². The second kappa shape index (κ2) is 8.60. The molecule has 0 saturated heterocycles. The molecule has 146 valence electrons. The van der Waals surface area contributed by atoms with E-state index in [1.165, 1.54) is 12.4 Å². The van der Waals surface area contributed by atoms with Crippen LogP contribution in [-0.4, -0.2) is 15.0 Å². The number of anilines is 2. The number of nitrogens with zero attached hydrogens (tertiary/aromatic N) is 5. The molecule has 0 amide bonds. The summed E-state index contributed by atoms with van der Waals surface area (Å²) >= 11 is 6.16. The highest BCUT2D eigenvalue weighted by Crippen LogP contribution is 2.38. The molecule has 0 atom stereocenters. The van der Waals surface area contributed by atoms with Gasteiger partial charge in [0.25, 0.3) is 0 Å². The van der Waals surface area contributed by atoms with Crippen molar-refractivity contribution in [3.63, 3.8) is 0 Å². The zero-order valence-corrected chi connectivity index (χ0v) is 16.5. The van der Waals surface area contributed by atoms with E-state index in [-0.39, 0.29) is 0 Å². The Hall–Kier alpha value is -3.94. The first kappa shape index (κ1) is 19.4. The molecule has 0 bridgehead atoms. The van der Waals surface area contributed by atoms with Gasteiger partial charge in [-0.05, 0) is 54.8 Å². The fourth-order valence-corrected chi connectivity index (χ4v) is 3.05. The third kappa shape index (κ3) is 4.72. The smallest absolute Gasteiger partial charge is 0.230 e. The Morgan fingerprint density at radius 3 is 2.77 bits per heavy atom. The molecule has 1 saturated carbocycles. The monoisotopic (exact) mass is 414 g/mol. The average molecular weight is 415 g/mol. The van der Waals surface area contributed by atoms with Gasteiger partial charge >= 0.3 is 0 Å². The number of hydrogen-bond acceptors (Lipinski definition) is 7. The average Bonchev–Trinajstić information content (AvgIpc) is 3.58. The number of halogens is 1. The lowest BCUT2D eigenvalue weighted by Crippen LogP contribution is -2.02. The molecule has 4 rings (SSSR count). The molecular weight excluding hydrogens is 400 g/mol. The number of rotatable bonds is 6. The van der Waals surface area contributed by atoms with Gasteiger partial charge in [-0.1, -0.05) is 11.6 Å².